The van der Waals surface area contributed by atoms with E-state index >= 15 is 0 Å². The first-order valence-corrected chi connectivity index (χ1v) is 29.7. The van der Waals surface area contributed by atoms with Crippen LogP contribution in [0.15, 0.2) is 134 Å². The molecule has 0 N–H and O–H groups in total. The molecule has 73 heavy (non-hydrogen) atoms. The van der Waals surface area contributed by atoms with Gasteiger partial charge in [0.1, 0.15) is 13.2 Å². The van der Waals surface area contributed by atoms with Crippen molar-refractivity contribution in [3.63, 3.8) is 0 Å². The molecule has 1 atom stereocenters. The fraction of sp³-hybridized carbons (Fsp3) is 0.627. The van der Waals surface area contributed by atoms with E-state index in [0.29, 0.717) is 19.3 Å². The predicted molar refractivity (Wildman–Crippen MR) is 316 cm³/mol. The molecule has 0 amide bonds. The number of ether oxygens (including phenoxy) is 3. The van der Waals surface area contributed by atoms with Crippen molar-refractivity contribution >= 4 is 17.9 Å². The van der Waals surface area contributed by atoms with Crippen LogP contribution >= 0.6 is 0 Å². The van der Waals surface area contributed by atoms with Crippen LogP contribution in [0.25, 0.3) is 0 Å². The monoisotopic (exact) mass is 1010 g/mol. The Hall–Kier alpha value is -4.45. The van der Waals surface area contributed by atoms with E-state index in [1.165, 1.54) is 77.0 Å². The van der Waals surface area contributed by atoms with E-state index in [9.17, 15) is 14.4 Å². The molecule has 0 fully saturated rings. The average Bonchev–Trinajstić information content (AvgIpc) is 3.39. The van der Waals surface area contributed by atoms with Crippen LogP contribution in [0.2, 0.25) is 0 Å². The Labute approximate surface area is 449 Å². The second-order valence-corrected chi connectivity index (χ2v) is 19.1. The third kappa shape index (κ3) is 58.3. The quantitative estimate of drug-likeness (QED) is 0.0261. The molecule has 0 unspecified atom stereocenters. The number of unbranched alkanes of at least 4 members (excludes halogenated alkanes) is 19. The summed E-state index contributed by atoms with van der Waals surface area (Å²) in [4.78, 5) is 38.2. The molecule has 0 bridgehead atoms. The SMILES string of the molecule is CC/C=C/C/C=C/C/C=C/C/C=C/C/C=C/CCCCCC(=O)OC[C@@H](COC(=O)CCCCCCCCC/C=C/CCCCCCCC)OC(=O)CCCCC/C=C/C/C=C/C/C=C/C/C=C/C/C=C/CC. The molecule has 0 aromatic carbocycles. The number of allylic oxidation sites excluding steroid dienone is 22. The Bertz CT molecular complexity index is 1580. The van der Waals surface area contributed by atoms with Crippen LogP contribution in [0.3, 0.4) is 0 Å². The highest BCUT2D eigenvalue weighted by Gasteiger charge is 2.19. The lowest BCUT2D eigenvalue weighted by atomic mass is 10.1. The van der Waals surface area contributed by atoms with Crippen molar-refractivity contribution in [2.75, 3.05) is 13.2 Å². The van der Waals surface area contributed by atoms with Gasteiger partial charge < -0.3 is 14.2 Å². The molecule has 0 heterocycles. The second-order valence-electron chi connectivity index (χ2n) is 19.1. The molecule has 0 saturated carbocycles. The van der Waals surface area contributed by atoms with Gasteiger partial charge in [0.05, 0.1) is 0 Å². The Morgan fingerprint density at radius 1 is 0.288 bits per heavy atom. The molecule has 0 radical (unpaired) electrons. The largest absolute Gasteiger partial charge is 0.462 e. The predicted octanol–water partition coefficient (Wildman–Crippen LogP) is 20.2. The zero-order chi connectivity index (χ0) is 52.9. The summed E-state index contributed by atoms with van der Waals surface area (Å²) in [6.45, 7) is 6.35. The van der Waals surface area contributed by atoms with E-state index in [4.69, 9.17) is 14.2 Å². The van der Waals surface area contributed by atoms with E-state index in [1.807, 2.05) is 0 Å². The van der Waals surface area contributed by atoms with Gasteiger partial charge in [-0.2, -0.15) is 0 Å². The highest BCUT2D eigenvalue weighted by atomic mass is 16.6. The maximum absolute atomic E-state index is 12.9. The van der Waals surface area contributed by atoms with Gasteiger partial charge in [0.2, 0.25) is 0 Å². The summed E-state index contributed by atoms with van der Waals surface area (Å²) < 4.78 is 16.8. The van der Waals surface area contributed by atoms with Crippen LogP contribution in [-0.4, -0.2) is 37.2 Å². The van der Waals surface area contributed by atoms with Crippen LogP contribution in [0.4, 0.5) is 0 Å². The van der Waals surface area contributed by atoms with Gasteiger partial charge in [-0.1, -0.05) is 231 Å². The van der Waals surface area contributed by atoms with Gasteiger partial charge in [-0.3, -0.25) is 14.4 Å². The molecular weight excluding hydrogens is 901 g/mol. The summed E-state index contributed by atoms with van der Waals surface area (Å²) >= 11 is 0. The van der Waals surface area contributed by atoms with Crippen LogP contribution in [-0.2, 0) is 28.6 Å². The molecule has 0 aliphatic heterocycles. The van der Waals surface area contributed by atoms with Crippen LogP contribution in [0, 0.1) is 0 Å². The summed E-state index contributed by atoms with van der Waals surface area (Å²) in [7, 11) is 0. The lowest BCUT2D eigenvalue weighted by Gasteiger charge is -2.18. The van der Waals surface area contributed by atoms with Crippen molar-refractivity contribution < 1.29 is 28.6 Å². The molecule has 0 aromatic heterocycles. The molecule has 6 nitrogen and oxygen atoms in total. The van der Waals surface area contributed by atoms with Crippen LogP contribution in [0.1, 0.15) is 252 Å². The normalized spacial score (nSPS) is 13.1. The summed E-state index contributed by atoms with van der Waals surface area (Å²) in [6.07, 6.45) is 84.4. The van der Waals surface area contributed by atoms with Crippen molar-refractivity contribution in [3.8, 4) is 0 Å². The molecule has 6 heteroatoms. The van der Waals surface area contributed by atoms with Crippen LogP contribution in [0.5, 0.6) is 0 Å². The van der Waals surface area contributed by atoms with Gasteiger partial charge >= 0.3 is 17.9 Å². The first kappa shape index (κ1) is 68.6. The van der Waals surface area contributed by atoms with Gasteiger partial charge in [0.15, 0.2) is 6.10 Å². The molecule has 0 aliphatic rings. The number of rotatable bonds is 52. The standard InChI is InChI=1S/C67H108O6/c1-4-7-10-13-16-19-22-25-28-31-33-36-39-42-45-48-51-54-57-60-66(69)72-63-64(62-71-65(68)59-56-53-50-47-44-41-38-35-30-27-24-21-18-15-12-9-6-3)73-67(70)61-58-55-52-49-46-43-40-37-34-32-29-26-23-20-17-14-11-8-5-2/h7-8,10-11,16-17,19-20,25-30,33-34,36-37,42-43,45-46,64H,4-6,9,12-15,18,21-24,31-32,35,38-41,44,47-63H2,1-3H3/b10-7+,11-8+,19-16+,20-17+,28-25+,29-26+,30-27+,36-33+,37-34+,45-42+,46-43+/t64-/m1/s1. The van der Waals surface area contributed by atoms with E-state index in [2.05, 4.69) is 154 Å². The highest BCUT2D eigenvalue weighted by Crippen LogP contribution is 2.14. The van der Waals surface area contributed by atoms with Crippen molar-refractivity contribution in [3.05, 3.63) is 134 Å². The van der Waals surface area contributed by atoms with Gasteiger partial charge in [-0.15, -0.1) is 0 Å². The zero-order valence-electron chi connectivity index (χ0n) is 47.1. The topological polar surface area (TPSA) is 78.9 Å². The van der Waals surface area contributed by atoms with Crippen molar-refractivity contribution in [2.45, 2.75) is 258 Å². The maximum atomic E-state index is 12.9. The summed E-state index contributed by atoms with van der Waals surface area (Å²) in [5.74, 6) is -0.980. The van der Waals surface area contributed by atoms with Crippen LogP contribution < -0.4 is 0 Å². The number of hydrogen-bond acceptors (Lipinski definition) is 6. The van der Waals surface area contributed by atoms with Crippen molar-refractivity contribution in [2.24, 2.45) is 0 Å². The lowest BCUT2D eigenvalue weighted by Crippen LogP contribution is -2.30. The molecular formula is C67H108O6. The number of carbonyl (C=O) groups is 3. The molecule has 0 saturated heterocycles. The van der Waals surface area contributed by atoms with Crippen molar-refractivity contribution in [1.29, 1.82) is 0 Å². The fourth-order valence-corrected chi connectivity index (χ4v) is 7.72. The maximum Gasteiger partial charge on any atom is 0.306 e. The van der Waals surface area contributed by atoms with Crippen molar-refractivity contribution in [1.82, 2.24) is 0 Å². The average molecular weight is 1010 g/mol. The second kappa shape index (κ2) is 60.1. The zero-order valence-corrected chi connectivity index (χ0v) is 47.1. The van der Waals surface area contributed by atoms with E-state index in [-0.39, 0.29) is 37.5 Å². The Kier molecular flexibility index (Phi) is 56.4. The Balaban J connectivity index is 4.54. The van der Waals surface area contributed by atoms with Gasteiger partial charge in [-0.25, -0.2) is 0 Å². The number of esters is 3. The highest BCUT2D eigenvalue weighted by molar-refractivity contribution is 5.71. The first-order chi connectivity index (χ1) is 36.0. The fourth-order valence-electron chi connectivity index (χ4n) is 7.72. The minimum Gasteiger partial charge on any atom is -0.462 e. The number of carbonyl (C=O) groups excluding carboxylic acids is 3. The Morgan fingerprint density at radius 2 is 0.534 bits per heavy atom. The Morgan fingerprint density at radius 3 is 0.863 bits per heavy atom. The summed E-state index contributed by atoms with van der Waals surface area (Å²) in [5.41, 5.74) is 0. The smallest absolute Gasteiger partial charge is 0.306 e. The van der Waals surface area contributed by atoms with E-state index < -0.39 is 6.10 Å². The molecule has 412 valence electrons. The summed E-state index contributed by atoms with van der Waals surface area (Å²) in [6, 6.07) is 0. The molecule has 0 aromatic rings. The molecule has 0 aliphatic carbocycles. The number of hydrogen-bond donors (Lipinski definition) is 0. The minimum absolute atomic E-state index is 0.109. The van der Waals surface area contributed by atoms with Gasteiger partial charge in [0, 0.05) is 19.3 Å². The summed E-state index contributed by atoms with van der Waals surface area (Å²) in [5, 5.41) is 0. The minimum atomic E-state index is -0.817. The van der Waals surface area contributed by atoms with Gasteiger partial charge in [-0.05, 0) is 135 Å². The third-order valence-electron chi connectivity index (χ3n) is 12.1. The van der Waals surface area contributed by atoms with E-state index in [1.54, 1.807) is 0 Å². The molecule has 0 rings (SSSR count). The lowest BCUT2D eigenvalue weighted by molar-refractivity contribution is -0.167. The third-order valence-corrected chi connectivity index (χ3v) is 12.1. The van der Waals surface area contributed by atoms with E-state index in [0.717, 1.165) is 128 Å². The van der Waals surface area contributed by atoms with Gasteiger partial charge in [0.25, 0.3) is 0 Å². The molecule has 0 spiro atoms. The first-order valence-electron chi connectivity index (χ1n) is 29.7.